The minimum absolute atomic E-state index is 0.176. The summed E-state index contributed by atoms with van der Waals surface area (Å²) in [6.45, 7) is 0.562. The molecule has 196 valence electrons. The van der Waals surface area contributed by atoms with Gasteiger partial charge in [-0.2, -0.15) is 0 Å². The van der Waals surface area contributed by atoms with Crippen molar-refractivity contribution in [2.45, 2.75) is 51.7 Å². The molecule has 2 heterocycles. The van der Waals surface area contributed by atoms with E-state index in [4.69, 9.17) is 16.3 Å². The van der Waals surface area contributed by atoms with Crippen molar-refractivity contribution in [1.82, 2.24) is 20.5 Å². The molecule has 0 aliphatic rings. The van der Waals surface area contributed by atoms with Gasteiger partial charge in [-0.1, -0.05) is 66.1 Å². The number of nitrogens with one attached hydrogen (secondary N) is 1. The number of carbonyl (C=O) groups excluding carboxylic acids is 2. The molecule has 2 aromatic carbocycles. The molecule has 38 heavy (non-hydrogen) atoms. The molecule has 0 spiro atoms. The average Bonchev–Trinajstić information content (AvgIpc) is 3.42. The zero-order valence-electron chi connectivity index (χ0n) is 20.9. The molecule has 4 rings (SSSR count). The monoisotopic (exact) mass is 548 g/mol. The second-order valence-electron chi connectivity index (χ2n) is 8.81. The molecule has 0 atom stereocenters. The number of nitrogens with zero attached hydrogens (tertiary/aromatic N) is 3. The molecule has 0 saturated heterocycles. The van der Waals surface area contributed by atoms with Crippen molar-refractivity contribution in [2.75, 3.05) is 0 Å². The van der Waals surface area contributed by atoms with Crippen LogP contribution >= 0.6 is 22.9 Å². The third-order valence-corrected chi connectivity index (χ3v) is 7.06. The van der Waals surface area contributed by atoms with Gasteiger partial charge in [0.2, 0.25) is 5.78 Å². The van der Waals surface area contributed by atoms with Crippen LogP contribution in [0.15, 0.2) is 72.9 Å². The highest BCUT2D eigenvalue weighted by molar-refractivity contribution is 7.14. The first-order chi connectivity index (χ1) is 18.6. The zero-order chi connectivity index (χ0) is 26.6. The van der Waals surface area contributed by atoms with Gasteiger partial charge in [0.15, 0.2) is 0 Å². The molecule has 1 amide bonds. The standard InChI is InChI=1S/C29H29ClN4O3S/c30-26-18-22(16-17-31-26)20-37-24-14-12-23(13-15-24)29-34-33-27(38-29)19-32-28(36)25(35)11-7-2-1-4-8-21-9-5-3-6-10-21/h3,5-6,9-10,12-18H,1-2,4,7-8,11,19-20H2,(H,32,36). The number of benzene rings is 2. The first kappa shape index (κ1) is 27.4. The van der Waals surface area contributed by atoms with Gasteiger partial charge >= 0.3 is 0 Å². The van der Waals surface area contributed by atoms with Crippen molar-refractivity contribution in [2.24, 2.45) is 0 Å². The summed E-state index contributed by atoms with van der Waals surface area (Å²) in [5.41, 5.74) is 3.15. The van der Waals surface area contributed by atoms with Gasteiger partial charge in [0, 0.05) is 18.2 Å². The summed E-state index contributed by atoms with van der Waals surface area (Å²) in [5, 5.41) is 12.8. The fourth-order valence-electron chi connectivity index (χ4n) is 3.82. The summed E-state index contributed by atoms with van der Waals surface area (Å²) in [5.74, 6) is -0.237. The number of ketones is 1. The molecular weight excluding hydrogens is 520 g/mol. The lowest BCUT2D eigenvalue weighted by Gasteiger charge is -2.06. The number of amides is 1. The van der Waals surface area contributed by atoms with E-state index in [1.54, 1.807) is 12.3 Å². The minimum atomic E-state index is -0.567. The molecule has 4 aromatic rings. The van der Waals surface area contributed by atoms with Gasteiger partial charge in [-0.3, -0.25) is 9.59 Å². The molecule has 1 N–H and O–H groups in total. The van der Waals surface area contributed by atoms with E-state index in [-0.39, 0.29) is 18.7 Å². The second-order valence-corrected chi connectivity index (χ2v) is 10.3. The zero-order valence-corrected chi connectivity index (χ0v) is 22.5. The number of rotatable bonds is 14. The van der Waals surface area contributed by atoms with Crippen LogP contribution in [0.5, 0.6) is 5.75 Å². The van der Waals surface area contributed by atoms with Crippen molar-refractivity contribution in [3.8, 4) is 16.3 Å². The van der Waals surface area contributed by atoms with Gasteiger partial charge in [-0.05, 0) is 66.8 Å². The Labute approximate surface area is 231 Å². The number of carbonyl (C=O) groups is 2. The molecule has 0 aliphatic carbocycles. The van der Waals surface area contributed by atoms with E-state index >= 15 is 0 Å². The highest BCUT2D eigenvalue weighted by Gasteiger charge is 2.14. The van der Waals surface area contributed by atoms with E-state index < -0.39 is 5.91 Å². The van der Waals surface area contributed by atoms with Crippen LogP contribution < -0.4 is 10.1 Å². The third-order valence-electron chi connectivity index (χ3n) is 5.88. The van der Waals surface area contributed by atoms with Crippen LogP contribution in [0.25, 0.3) is 10.6 Å². The minimum Gasteiger partial charge on any atom is -0.489 e. The van der Waals surface area contributed by atoms with Crippen molar-refractivity contribution < 1.29 is 14.3 Å². The fraction of sp³-hybridized carbons (Fsp3) is 0.276. The highest BCUT2D eigenvalue weighted by Crippen LogP contribution is 2.26. The lowest BCUT2D eigenvalue weighted by atomic mass is 10.0. The van der Waals surface area contributed by atoms with Gasteiger partial charge in [0.05, 0.1) is 6.54 Å². The van der Waals surface area contributed by atoms with Crippen molar-refractivity contribution in [3.05, 3.63) is 94.2 Å². The van der Waals surface area contributed by atoms with E-state index in [1.165, 1.54) is 16.9 Å². The SMILES string of the molecule is O=C(CCCCCCc1ccccc1)C(=O)NCc1nnc(-c2ccc(OCc3ccnc(Cl)c3)cc2)s1. The first-order valence-corrected chi connectivity index (χ1v) is 13.8. The number of aryl methyl sites for hydroxylation is 1. The molecular formula is C29H29ClN4O3S. The molecule has 0 bridgehead atoms. The quantitative estimate of drug-likeness (QED) is 0.114. The Morgan fingerprint density at radius 1 is 0.895 bits per heavy atom. The Morgan fingerprint density at radius 2 is 1.68 bits per heavy atom. The van der Waals surface area contributed by atoms with Crippen molar-refractivity contribution in [3.63, 3.8) is 0 Å². The van der Waals surface area contributed by atoms with Crippen LogP contribution in [0.1, 0.15) is 48.2 Å². The largest absolute Gasteiger partial charge is 0.489 e. The molecule has 2 aromatic heterocycles. The topological polar surface area (TPSA) is 94.1 Å². The Morgan fingerprint density at radius 3 is 2.47 bits per heavy atom. The van der Waals surface area contributed by atoms with Crippen molar-refractivity contribution in [1.29, 1.82) is 0 Å². The number of hydrogen-bond acceptors (Lipinski definition) is 7. The molecule has 0 saturated carbocycles. The molecule has 7 nitrogen and oxygen atoms in total. The Hall–Kier alpha value is -3.62. The van der Waals surface area contributed by atoms with Crippen LogP contribution in [-0.2, 0) is 29.2 Å². The Bertz CT molecular complexity index is 1330. The van der Waals surface area contributed by atoms with Gasteiger partial charge in [-0.15, -0.1) is 10.2 Å². The van der Waals surface area contributed by atoms with Gasteiger partial charge in [-0.25, -0.2) is 4.98 Å². The average molecular weight is 549 g/mol. The number of hydrogen-bond donors (Lipinski definition) is 1. The number of pyridine rings is 1. The highest BCUT2D eigenvalue weighted by atomic mass is 35.5. The van der Waals surface area contributed by atoms with E-state index in [2.05, 4.69) is 32.6 Å². The third kappa shape index (κ3) is 8.75. The molecule has 0 fully saturated rings. The van der Waals surface area contributed by atoms with Crippen LogP contribution in [0.4, 0.5) is 0 Å². The maximum absolute atomic E-state index is 12.2. The van der Waals surface area contributed by atoms with Crippen LogP contribution in [0.3, 0.4) is 0 Å². The summed E-state index contributed by atoms with van der Waals surface area (Å²) in [6, 6.07) is 21.5. The Kier molecular flexibility index (Phi) is 10.4. The molecule has 0 radical (unpaired) electrons. The first-order valence-electron chi connectivity index (χ1n) is 12.6. The lowest BCUT2D eigenvalue weighted by molar-refractivity contribution is -0.138. The maximum atomic E-state index is 12.2. The van der Waals surface area contributed by atoms with Crippen LogP contribution in [0.2, 0.25) is 5.15 Å². The fourth-order valence-corrected chi connectivity index (χ4v) is 4.80. The van der Waals surface area contributed by atoms with E-state index in [0.717, 1.165) is 48.2 Å². The van der Waals surface area contributed by atoms with Gasteiger partial charge in [0.25, 0.3) is 5.91 Å². The maximum Gasteiger partial charge on any atom is 0.287 e. The van der Waals surface area contributed by atoms with Crippen LogP contribution in [-0.4, -0.2) is 26.9 Å². The normalized spacial score (nSPS) is 10.8. The van der Waals surface area contributed by atoms with E-state index in [0.29, 0.717) is 22.5 Å². The number of Topliss-reactive ketones (excluding diaryl/α,β-unsaturated/α-hetero) is 1. The van der Waals surface area contributed by atoms with E-state index in [9.17, 15) is 9.59 Å². The summed E-state index contributed by atoms with van der Waals surface area (Å²) >= 11 is 7.28. The van der Waals surface area contributed by atoms with Gasteiger partial charge < -0.3 is 10.1 Å². The molecule has 0 unspecified atom stereocenters. The molecule has 0 aliphatic heterocycles. The summed E-state index contributed by atoms with van der Waals surface area (Å²) in [7, 11) is 0. The summed E-state index contributed by atoms with van der Waals surface area (Å²) in [6.07, 6.45) is 6.74. The van der Waals surface area contributed by atoms with Crippen molar-refractivity contribution >= 4 is 34.6 Å². The lowest BCUT2D eigenvalue weighted by Crippen LogP contribution is -2.30. The Balaban J connectivity index is 1.14. The number of aromatic nitrogens is 3. The van der Waals surface area contributed by atoms with Gasteiger partial charge in [0.1, 0.15) is 27.5 Å². The van der Waals surface area contributed by atoms with Crippen LogP contribution in [0, 0.1) is 0 Å². The summed E-state index contributed by atoms with van der Waals surface area (Å²) in [4.78, 5) is 28.3. The number of ether oxygens (including phenoxy) is 1. The smallest absolute Gasteiger partial charge is 0.287 e. The predicted molar refractivity (Wildman–Crippen MR) is 149 cm³/mol. The number of unbranched alkanes of at least 4 members (excludes halogenated alkanes) is 3. The number of halogens is 1. The summed E-state index contributed by atoms with van der Waals surface area (Å²) < 4.78 is 5.80. The van der Waals surface area contributed by atoms with E-state index in [1.807, 2.05) is 48.5 Å². The second kappa shape index (κ2) is 14.4. The predicted octanol–water partition coefficient (Wildman–Crippen LogP) is 6.21. The molecule has 9 heteroatoms.